The SMILES string of the molecule is CCC(NC)c1cnn(CCCS(=O)(=O)CC)c1. The van der Waals surface area contributed by atoms with Gasteiger partial charge in [0.25, 0.3) is 0 Å². The minimum atomic E-state index is -2.86. The Morgan fingerprint density at radius 3 is 2.72 bits per heavy atom. The number of nitrogens with one attached hydrogen (secondary N) is 1. The van der Waals surface area contributed by atoms with Gasteiger partial charge in [-0.1, -0.05) is 13.8 Å². The lowest BCUT2D eigenvalue weighted by molar-refractivity contribution is 0.565. The van der Waals surface area contributed by atoms with E-state index in [0.29, 0.717) is 19.0 Å². The molecule has 18 heavy (non-hydrogen) atoms. The highest BCUT2D eigenvalue weighted by atomic mass is 32.2. The Balaban J connectivity index is 2.50. The van der Waals surface area contributed by atoms with Crippen molar-refractivity contribution in [2.45, 2.75) is 39.3 Å². The summed E-state index contributed by atoms with van der Waals surface area (Å²) in [5.74, 6) is 0.455. The molecule has 1 N–H and O–H groups in total. The van der Waals surface area contributed by atoms with Crippen LogP contribution in [0.2, 0.25) is 0 Å². The second-order valence-electron chi connectivity index (χ2n) is 4.38. The van der Waals surface area contributed by atoms with E-state index in [2.05, 4.69) is 17.3 Å². The lowest BCUT2D eigenvalue weighted by Gasteiger charge is -2.10. The second-order valence-corrected chi connectivity index (χ2v) is 6.85. The van der Waals surface area contributed by atoms with Crippen LogP contribution in [0, 0.1) is 0 Å². The molecule has 104 valence electrons. The van der Waals surface area contributed by atoms with Crippen LogP contribution >= 0.6 is 0 Å². The Labute approximate surface area is 109 Å². The Hall–Kier alpha value is -0.880. The fourth-order valence-corrected chi connectivity index (χ4v) is 2.74. The van der Waals surface area contributed by atoms with E-state index in [-0.39, 0.29) is 11.5 Å². The molecule has 1 aromatic rings. The van der Waals surface area contributed by atoms with Crippen molar-refractivity contribution in [3.63, 3.8) is 0 Å². The minimum Gasteiger partial charge on any atom is -0.313 e. The van der Waals surface area contributed by atoms with Gasteiger partial charge in [0.1, 0.15) is 9.84 Å². The molecule has 1 rings (SSSR count). The lowest BCUT2D eigenvalue weighted by Crippen LogP contribution is -2.14. The molecule has 1 aromatic heterocycles. The molecule has 0 saturated carbocycles. The molecule has 0 bridgehead atoms. The third-order valence-corrected chi connectivity index (χ3v) is 4.89. The third kappa shape index (κ3) is 4.42. The number of nitrogens with zero attached hydrogens (tertiary/aromatic N) is 2. The van der Waals surface area contributed by atoms with Gasteiger partial charge < -0.3 is 5.32 Å². The molecule has 5 nitrogen and oxygen atoms in total. The van der Waals surface area contributed by atoms with Crippen molar-refractivity contribution in [2.24, 2.45) is 0 Å². The van der Waals surface area contributed by atoms with E-state index in [4.69, 9.17) is 0 Å². The summed E-state index contributed by atoms with van der Waals surface area (Å²) in [5, 5.41) is 7.48. The van der Waals surface area contributed by atoms with Crippen molar-refractivity contribution in [3.05, 3.63) is 18.0 Å². The van der Waals surface area contributed by atoms with Crippen molar-refractivity contribution in [2.75, 3.05) is 18.6 Å². The van der Waals surface area contributed by atoms with Crippen LogP contribution in [0.1, 0.15) is 38.3 Å². The Morgan fingerprint density at radius 1 is 1.44 bits per heavy atom. The molecule has 1 unspecified atom stereocenters. The van der Waals surface area contributed by atoms with E-state index in [1.54, 1.807) is 6.92 Å². The van der Waals surface area contributed by atoms with Gasteiger partial charge in [-0.2, -0.15) is 5.10 Å². The summed E-state index contributed by atoms with van der Waals surface area (Å²) < 4.78 is 24.5. The van der Waals surface area contributed by atoms with Crippen LogP contribution in [0.3, 0.4) is 0 Å². The molecule has 0 aliphatic rings. The largest absolute Gasteiger partial charge is 0.313 e. The normalized spacial score (nSPS) is 13.7. The first kappa shape index (κ1) is 15.2. The maximum atomic E-state index is 11.4. The summed E-state index contributed by atoms with van der Waals surface area (Å²) in [7, 11) is -0.932. The highest BCUT2D eigenvalue weighted by molar-refractivity contribution is 7.91. The monoisotopic (exact) mass is 273 g/mol. The lowest BCUT2D eigenvalue weighted by atomic mass is 10.1. The van der Waals surface area contributed by atoms with E-state index in [1.807, 2.05) is 24.1 Å². The van der Waals surface area contributed by atoms with Crippen molar-refractivity contribution in [1.29, 1.82) is 0 Å². The third-order valence-electron chi connectivity index (χ3n) is 3.09. The van der Waals surface area contributed by atoms with Crippen LogP contribution in [0.15, 0.2) is 12.4 Å². The zero-order chi connectivity index (χ0) is 13.6. The number of rotatable bonds is 8. The summed E-state index contributed by atoms with van der Waals surface area (Å²) in [4.78, 5) is 0. The highest BCUT2D eigenvalue weighted by Crippen LogP contribution is 2.14. The van der Waals surface area contributed by atoms with E-state index < -0.39 is 9.84 Å². The van der Waals surface area contributed by atoms with E-state index >= 15 is 0 Å². The molecule has 0 amide bonds. The quantitative estimate of drug-likeness (QED) is 0.777. The number of aromatic nitrogens is 2. The van der Waals surface area contributed by atoms with Crippen LogP contribution in [0.5, 0.6) is 0 Å². The summed E-state index contributed by atoms with van der Waals surface area (Å²) in [6, 6.07) is 0.318. The molecular weight excluding hydrogens is 250 g/mol. The number of hydrogen-bond donors (Lipinski definition) is 1. The van der Waals surface area contributed by atoms with Gasteiger partial charge in [0.2, 0.25) is 0 Å². The predicted octanol–water partition coefficient (Wildman–Crippen LogP) is 1.38. The maximum Gasteiger partial charge on any atom is 0.150 e. The Kier molecular flexibility index (Phi) is 5.81. The van der Waals surface area contributed by atoms with Gasteiger partial charge >= 0.3 is 0 Å². The van der Waals surface area contributed by atoms with Crippen molar-refractivity contribution in [1.82, 2.24) is 15.1 Å². The minimum absolute atomic E-state index is 0.217. The molecule has 0 aromatic carbocycles. The second kappa shape index (κ2) is 6.89. The van der Waals surface area contributed by atoms with Crippen molar-refractivity contribution >= 4 is 9.84 Å². The van der Waals surface area contributed by atoms with E-state index in [0.717, 1.165) is 12.0 Å². The first-order valence-electron chi connectivity index (χ1n) is 6.42. The molecule has 0 fully saturated rings. The molecule has 0 aliphatic heterocycles. The Bertz CT molecular complexity index is 450. The standard InChI is InChI=1S/C12H23N3O2S/c1-4-12(13-3)11-9-14-15(10-11)7-6-8-18(16,17)5-2/h9-10,12-13H,4-8H2,1-3H3. The molecule has 1 heterocycles. The zero-order valence-electron chi connectivity index (χ0n) is 11.4. The topological polar surface area (TPSA) is 64.0 Å². The Morgan fingerprint density at radius 2 is 2.17 bits per heavy atom. The van der Waals surface area contributed by atoms with E-state index in [9.17, 15) is 8.42 Å². The van der Waals surface area contributed by atoms with Gasteiger partial charge in [-0.3, -0.25) is 4.68 Å². The van der Waals surface area contributed by atoms with Crippen LogP contribution in [0.4, 0.5) is 0 Å². The van der Waals surface area contributed by atoms with E-state index in [1.165, 1.54) is 0 Å². The van der Waals surface area contributed by atoms with Crippen LogP contribution in [-0.4, -0.2) is 36.8 Å². The molecular formula is C12H23N3O2S. The molecule has 6 heteroatoms. The number of aryl methyl sites for hydroxylation is 1. The average Bonchev–Trinajstić information content (AvgIpc) is 2.79. The summed E-state index contributed by atoms with van der Waals surface area (Å²) in [6.45, 7) is 4.45. The first-order chi connectivity index (χ1) is 8.52. The predicted molar refractivity (Wildman–Crippen MR) is 73.3 cm³/mol. The average molecular weight is 273 g/mol. The highest BCUT2D eigenvalue weighted by Gasteiger charge is 2.10. The molecule has 0 aliphatic carbocycles. The summed E-state index contributed by atoms with van der Waals surface area (Å²) in [5.41, 5.74) is 1.15. The van der Waals surface area contributed by atoms with Crippen LogP contribution in [0.25, 0.3) is 0 Å². The van der Waals surface area contributed by atoms with Gasteiger partial charge in [0.05, 0.1) is 11.9 Å². The van der Waals surface area contributed by atoms with Gasteiger partial charge in [-0.15, -0.1) is 0 Å². The van der Waals surface area contributed by atoms with Crippen molar-refractivity contribution < 1.29 is 8.42 Å². The van der Waals surface area contributed by atoms with Gasteiger partial charge in [0, 0.05) is 30.1 Å². The number of hydrogen-bond acceptors (Lipinski definition) is 4. The van der Waals surface area contributed by atoms with Crippen LogP contribution in [-0.2, 0) is 16.4 Å². The molecule has 0 saturated heterocycles. The summed E-state index contributed by atoms with van der Waals surface area (Å²) >= 11 is 0. The van der Waals surface area contributed by atoms with Gasteiger partial charge in [0.15, 0.2) is 0 Å². The maximum absolute atomic E-state index is 11.4. The van der Waals surface area contributed by atoms with Gasteiger partial charge in [-0.05, 0) is 19.9 Å². The molecule has 1 atom stereocenters. The first-order valence-corrected chi connectivity index (χ1v) is 8.24. The molecule has 0 spiro atoms. The van der Waals surface area contributed by atoms with Crippen LogP contribution < -0.4 is 5.32 Å². The zero-order valence-corrected chi connectivity index (χ0v) is 12.2. The van der Waals surface area contributed by atoms with Gasteiger partial charge in [-0.25, -0.2) is 8.42 Å². The number of sulfone groups is 1. The fraction of sp³-hybridized carbons (Fsp3) is 0.750. The fourth-order valence-electron chi connectivity index (χ4n) is 1.88. The van der Waals surface area contributed by atoms with Crippen molar-refractivity contribution in [3.8, 4) is 0 Å². The molecule has 0 radical (unpaired) electrons. The summed E-state index contributed by atoms with van der Waals surface area (Å²) in [6.07, 6.45) is 5.46. The smallest absolute Gasteiger partial charge is 0.150 e.